The number of nitrogens with zero attached hydrogens (tertiary/aromatic N) is 1. The Bertz CT molecular complexity index is 1260. The first-order valence-corrected chi connectivity index (χ1v) is 20.4. The maximum Gasteiger partial charge on any atom is 0.362 e. The van der Waals surface area contributed by atoms with E-state index in [4.69, 9.17) is 14.2 Å². The second-order valence-electron chi connectivity index (χ2n) is 14.1. The highest BCUT2D eigenvalue weighted by Gasteiger charge is 2.31. The molecule has 55 heavy (non-hydrogen) atoms. The maximum atomic E-state index is 12.7. The predicted octanol–water partition coefficient (Wildman–Crippen LogP) is 10.9. The summed E-state index contributed by atoms with van der Waals surface area (Å²) in [4.78, 5) is 36.8. The number of carboxylic acids is 1. The van der Waals surface area contributed by atoms with Crippen molar-refractivity contribution in [2.45, 2.75) is 129 Å². The molecule has 0 heterocycles. The van der Waals surface area contributed by atoms with Crippen LogP contribution < -0.4 is 0 Å². The number of aliphatic carboxylic acids is 1. The van der Waals surface area contributed by atoms with Crippen molar-refractivity contribution < 1.29 is 38.2 Å². The van der Waals surface area contributed by atoms with Gasteiger partial charge in [0.05, 0.1) is 34.4 Å². The Morgan fingerprint density at radius 1 is 0.545 bits per heavy atom. The Morgan fingerprint density at radius 3 is 1.42 bits per heavy atom. The van der Waals surface area contributed by atoms with Crippen molar-refractivity contribution >= 4 is 17.9 Å². The van der Waals surface area contributed by atoms with Crippen LogP contribution in [0.5, 0.6) is 0 Å². The summed E-state index contributed by atoms with van der Waals surface area (Å²) in [7, 11) is 5.47. The molecule has 0 aromatic carbocycles. The molecule has 0 aromatic rings. The number of ether oxygens (including phenoxy) is 3. The number of rotatable bonds is 34. The highest BCUT2D eigenvalue weighted by atomic mass is 16.6. The third kappa shape index (κ3) is 35.4. The number of likely N-dealkylation sites (N-methyl/N-ethyl adjacent to an activating group) is 1. The lowest BCUT2D eigenvalue weighted by Crippen LogP contribution is -2.50. The van der Waals surface area contributed by atoms with Crippen LogP contribution in [0.2, 0.25) is 0 Å². The average molecular weight is 765 g/mol. The molecule has 0 saturated carbocycles. The van der Waals surface area contributed by atoms with Gasteiger partial charge >= 0.3 is 17.9 Å². The third-order valence-corrected chi connectivity index (χ3v) is 8.18. The summed E-state index contributed by atoms with van der Waals surface area (Å²) in [6, 6.07) is -0.639. The molecule has 308 valence electrons. The van der Waals surface area contributed by atoms with E-state index in [2.05, 4.69) is 111 Å². The molecule has 0 aliphatic rings. The maximum absolute atomic E-state index is 12.7. The van der Waals surface area contributed by atoms with Gasteiger partial charge in [0.15, 0.2) is 12.1 Å². The van der Waals surface area contributed by atoms with Crippen LogP contribution in [0.15, 0.2) is 109 Å². The number of carbonyl (C=O) groups is 3. The Balaban J connectivity index is 4.59. The van der Waals surface area contributed by atoms with Crippen molar-refractivity contribution in [3.05, 3.63) is 109 Å². The van der Waals surface area contributed by atoms with Gasteiger partial charge in [-0.2, -0.15) is 0 Å². The summed E-state index contributed by atoms with van der Waals surface area (Å²) in [5, 5.41) is 9.60. The van der Waals surface area contributed by atoms with Crippen molar-refractivity contribution in [2.75, 3.05) is 41.0 Å². The Morgan fingerprint density at radius 2 is 0.982 bits per heavy atom. The van der Waals surface area contributed by atoms with E-state index in [1.54, 1.807) is 0 Å². The lowest BCUT2D eigenvalue weighted by atomic mass is 10.1. The first-order valence-electron chi connectivity index (χ1n) is 20.4. The molecule has 1 N–H and O–H groups in total. The van der Waals surface area contributed by atoms with Gasteiger partial charge in [0, 0.05) is 19.3 Å². The molecule has 2 unspecified atom stereocenters. The molecule has 0 saturated heterocycles. The number of hydrogen-bond donors (Lipinski definition) is 1. The molecule has 2 atom stereocenters. The largest absolute Gasteiger partial charge is 0.477 e. The number of carbonyl (C=O) groups excluding carboxylic acids is 2. The van der Waals surface area contributed by atoms with Gasteiger partial charge in [-0.15, -0.1) is 0 Å². The minimum Gasteiger partial charge on any atom is -0.477 e. The van der Waals surface area contributed by atoms with E-state index in [9.17, 15) is 19.5 Å². The summed E-state index contributed by atoms with van der Waals surface area (Å²) in [6.07, 6.45) is 50.1. The summed E-state index contributed by atoms with van der Waals surface area (Å²) in [6.45, 7) is 4.34. The second-order valence-corrected chi connectivity index (χ2v) is 14.1. The molecule has 0 bridgehead atoms. The van der Waals surface area contributed by atoms with Crippen LogP contribution in [-0.4, -0.2) is 80.6 Å². The molecule has 0 fully saturated rings. The average Bonchev–Trinajstić information content (AvgIpc) is 3.14. The number of esters is 2. The first kappa shape index (κ1) is 51.0. The minimum atomic E-state index is -0.898. The second kappa shape index (κ2) is 36.9. The smallest absolute Gasteiger partial charge is 0.362 e. The normalized spacial score (nSPS) is 14.1. The highest BCUT2D eigenvalue weighted by Crippen LogP contribution is 2.10. The third-order valence-electron chi connectivity index (χ3n) is 8.18. The van der Waals surface area contributed by atoms with Gasteiger partial charge in [-0.1, -0.05) is 123 Å². The standard InChI is InChI=1S/C47H73NO7/c1-6-8-10-12-14-16-18-20-21-22-23-24-25-26-28-30-32-34-36-38-46(50)55-43(41-53-40-39-44(47(51)52)48(3,4)5)42-54-45(49)37-35-33-31-29-27-19-17-15-13-11-9-7-2/h8-11,14-17,20-21,23-24,26-29,32,34,43-44H,6-7,12-13,18-19,22,25,30-31,33,35-42H2,1-5H3/p+1/b10-8+,11-9+,16-14+,17-15+,21-20+,24-23+,28-26+,29-27+,34-32+. The van der Waals surface area contributed by atoms with E-state index in [1.807, 2.05) is 33.3 Å². The van der Waals surface area contributed by atoms with Gasteiger partial charge < -0.3 is 23.8 Å². The molecule has 0 rings (SSSR count). The predicted molar refractivity (Wildman–Crippen MR) is 229 cm³/mol. The number of quaternary nitrogens is 1. The number of hydrogen-bond acceptors (Lipinski definition) is 6. The van der Waals surface area contributed by atoms with E-state index >= 15 is 0 Å². The van der Waals surface area contributed by atoms with E-state index in [1.165, 1.54) is 0 Å². The zero-order valence-corrected chi connectivity index (χ0v) is 34.8. The summed E-state index contributed by atoms with van der Waals surface area (Å²) in [5.41, 5.74) is 0. The van der Waals surface area contributed by atoms with E-state index in [0.717, 1.165) is 70.6 Å². The quantitative estimate of drug-likeness (QED) is 0.0301. The lowest BCUT2D eigenvalue weighted by molar-refractivity contribution is -0.887. The molecule has 8 heteroatoms. The van der Waals surface area contributed by atoms with Crippen molar-refractivity contribution in [2.24, 2.45) is 0 Å². The van der Waals surface area contributed by atoms with E-state index in [-0.39, 0.29) is 43.1 Å². The van der Waals surface area contributed by atoms with Gasteiger partial charge in [0.25, 0.3) is 0 Å². The SMILES string of the molecule is CC/C=C/C/C=C/C/C=C/C/C=C/C/C=C/C/C=C/CCC(=O)OC(COCCC(C(=O)O)[N+](C)(C)C)COC(=O)CCCC/C=C/C/C=C/C/C=C/CC. The number of unbranched alkanes of at least 4 members (excludes halogenated alkanes) is 2. The minimum absolute atomic E-state index is 0.0105. The first-order chi connectivity index (χ1) is 26.6. The Hall–Kier alpha value is -4.01. The zero-order chi connectivity index (χ0) is 40.7. The monoisotopic (exact) mass is 765 g/mol. The summed E-state index contributed by atoms with van der Waals surface area (Å²) < 4.78 is 17.1. The molecule has 0 aliphatic heterocycles. The van der Waals surface area contributed by atoms with Gasteiger partial charge in [-0.25, -0.2) is 4.79 Å². The molecule has 0 aliphatic carbocycles. The van der Waals surface area contributed by atoms with Crippen molar-refractivity contribution in [3.63, 3.8) is 0 Å². The van der Waals surface area contributed by atoms with Gasteiger partial charge in [-0.3, -0.25) is 9.59 Å². The molecule has 8 nitrogen and oxygen atoms in total. The van der Waals surface area contributed by atoms with Gasteiger partial charge in [0.2, 0.25) is 0 Å². The zero-order valence-electron chi connectivity index (χ0n) is 34.8. The summed E-state index contributed by atoms with van der Waals surface area (Å²) in [5.74, 6) is -1.65. The Kier molecular flexibility index (Phi) is 34.2. The molecular weight excluding hydrogens is 691 g/mol. The summed E-state index contributed by atoms with van der Waals surface area (Å²) >= 11 is 0. The van der Waals surface area contributed by atoms with Crippen molar-refractivity contribution in [1.82, 2.24) is 0 Å². The molecule has 0 amide bonds. The van der Waals surface area contributed by atoms with Gasteiger partial charge in [0.1, 0.15) is 6.61 Å². The van der Waals surface area contributed by atoms with Crippen LogP contribution in [0.4, 0.5) is 0 Å². The van der Waals surface area contributed by atoms with Crippen LogP contribution in [0, 0.1) is 0 Å². The molecule has 0 aromatic heterocycles. The van der Waals surface area contributed by atoms with Crippen LogP contribution in [0.3, 0.4) is 0 Å². The fourth-order valence-electron chi connectivity index (χ4n) is 5.07. The number of carboxylic acid groups (broad SMARTS) is 1. The van der Waals surface area contributed by atoms with Crippen LogP contribution in [0.1, 0.15) is 117 Å². The van der Waals surface area contributed by atoms with Crippen LogP contribution in [0.25, 0.3) is 0 Å². The molecule has 0 radical (unpaired) electrons. The fourth-order valence-corrected chi connectivity index (χ4v) is 5.07. The van der Waals surface area contributed by atoms with Crippen molar-refractivity contribution in [3.8, 4) is 0 Å². The van der Waals surface area contributed by atoms with E-state index < -0.39 is 24.1 Å². The van der Waals surface area contributed by atoms with E-state index in [0.29, 0.717) is 19.3 Å². The fraction of sp³-hybridized carbons (Fsp3) is 0.553. The molecular formula is C47H74NO7+. The van der Waals surface area contributed by atoms with Crippen LogP contribution >= 0.6 is 0 Å². The molecule has 0 spiro atoms. The van der Waals surface area contributed by atoms with Crippen LogP contribution in [-0.2, 0) is 28.6 Å². The number of allylic oxidation sites excluding steroid dienone is 18. The topological polar surface area (TPSA) is 99.1 Å². The highest BCUT2D eigenvalue weighted by molar-refractivity contribution is 5.72. The van der Waals surface area contributed by atoms with Crippen molar-refractivity contribution in [1.29, 1.82) is 0 Å². The lowest BCUT2D eigenvalue weighted by Gasteiger charge is -2.31. The van der Waals surface area contributed by atoms with Gasteiger partial charge in [-0.05, 0) is 83.5 Å². The Labute approximate surface area is 334 Å².